The standard InChI is InChI=1S/C11H12N2O/c1-14-7-8-3-2-4-10-9(8)5-6-13-11(10)12/h2-6H,7H2,1H3,(H2,12,13). The van der Waals surface area contributed by atoms with Gasteiger partial charge in [0.1, 0.15) is 5.82 Å². The van der Waals surface area contributed by atoms with Gasteiger partial charge >= 0.3 is 0 Å². The number of pyridine rings is 1. The minimum absolute atomic E-state index is 0.570. The van der Waals surface area contributed by atoms with Gasteiger partial charge in [0.05, 0.1) is 6.61 Å². The van der Waals surface area contributed by atoms with Crippen molar-refractivity contribution in [3.63, 3.8) is 0 Å². The molecule has 0 radical (unpaired) electrons. The third-order valence-corrected chi connectivity index (χ3v) is 2.23. The first-order valence-corrected chi connectivity index (χ1v) is 4.44. The number of nitrogen functional groups attached to an aromatic ring is 1. The topological polar surface area (TPSA) is 48.1 Å². The molecule has 0 aliphatic rings. The van der Waals surface area contributed by atoms with Crippen LogP contribution < -0.4 is 5.73 Å². The van der Waals surface area contributed by atoms with Crippen molar-refractivity contribution in [3.05, 3.63) is 36.0 Å². The molecule has 0 unspecified atom stereocenters. The number of nitrogens with two attached hydrogens (primary N) is 1. The van der Waals surface area contributed by atoms with E-state index in [1.807, 2.05) is 24.3 Å². The molecule has 2 aromatic rings. The van der Waals surface area contributed by atoms with Crippen molar-refractivity contribution in [2.45, 2.75) is 6.61 Å². The van der Waals surface area contributed by atoms with Crippen LogP contribution in [0.3, 0.4) is 0 Å². The Bertz CT molecular complexity index is 454. The van der Waals surface area contributed by atoms with Gasteiger partial charge in [-0.25, -0.2) is 4.98 Å². The number of benzene rings is 1. The first-order chi connectivity index (χ1) is 6.83. The monoisotopic (exact) mass is 188 g/mol. The molecule has 2 N–H and O–H groups in total. The number of rotatable bonds is 2. The molecular formula is C11H12N2O. The van der Waals surface area contributed by atoms with Crippen LogP contribution in [-0.4, -0.2) is 12.1 Å². The summed E-state index contributed by atoms with van der Waals surface area (Å²) in [5, 5.41) is 2.10. The Kier molecular flexibility index (Phi) is 2.33. The summed E-state index contributed by atoms with van der Waals surface area (Å²) in [5.74, 6) is 0.570. The normalized spacial score (nSPS) is 10.6. The molecule has 0 atom stereocenters. The summed E-state index contributed by atoms with van der Waals surface area (Å²) in [5.41, 5.74) is 6.91. The lowest BCUT2D eigenvalue weighted by atomic mass is 10.1. The maximum absolute atomic E-state index is 5.77. The third-order valence-electron chi connectivity index (χ3n) is 2.23. The van der Waals surface area contributed by atoms with E-state index in [2.05, 4.69) is 4.98 Å². The van der Waals surface area contributed by atoms with Crippen LogP contribution in [0.25, 0.3) is 10.8 Å². The predicted molar refractivity (Wildman–Crippen MR) is 56.9 cm³/mol. The highest BCUT2D eigenvalue weighted by atomic mass is 16.5. The molecule has 0 fully saturated rings. The van der Waals surface area contributed by atoms with Gasteiger partial charge in [-0.3, -0.25) is 0 Å². The van der Waals surface area contributed by atoms with E-state index in [4.69, 9.17) is 10.5 Å². The van der Waals surface area contributed by atoms with Crippen LogP contribution in [0.15, 0.2) is 30.5 Å². The number of ether oxygens (including phenoxy) is 1. The van der Waals surface area contributed by atoms with Crippen LogP contribution in [-0.2, 0) is 11.3 Å². The van der Waals surface area contributed by atoms with Crippen molar-refractivity contribution in [1.82, 2.24) is 4.98 Å². The molecule has 14 heavy (non-hydrogen) atoms. The lowest BCUT2D eigenvalue weighted by Crippen LogP contribution is -1.94. The Morgan fingerprint density at radius 3 is 2.93 bits per heavy atom. The average molecular weight is 188 g/mol. The largest absolute Gasteiger partial charge is 0.383 e. The molecule has 0 aliphatic carbocycles. The summed E-state index contributed by atoms with van der Waals surface area (Å²) in [6.07, 6.45) is 1.72. The molecule has 0 saturated heterocycles. The van der Waals surface area contributed by atoms with Crippen molar-refractivity contribution < 1.29 is 4.74 Å². The fourth-order valence-electron chi connectivity index (χ4n) is 1.58. The highest BCUT2D eigenvalue weighted by molar-refractivity contribution is 5.92. The van der Waals surface area contributed by atoms with Gasteiger partial charge in [-0.2, -0.15) is 0 Å². The van der Waals surface area contributed by atoms with Crippen LogP contribution in [0.4, 0.5) is 5.82 Å². The highest BCUT2D eigenvalue weighted by Crippen LogP contribution is 2.22. The predicted octanol–water partition coefficient (Wildman–Crippen LogP) is 1.96. The molecule has 3 nitrogen and oxygen atoms in total. The maximum Gasteiger partial charge on any atom is 0.131 e. The maximum atomic E-state index is 5.77. The van der Waals surface area contributed by atoms with E-state index in [9.17, 15) is 0 Å². The number of methoxy groups -OCH3 is 1. The summed E-state index contributed by atoms with van der Waals surface area (Å²) < 4.78 is 5.11. The zero-order valence-corrected chi connectivity index (χ0v) is 8.03. The minimum Gasteiger partial charge on any atom is -0.383 e. The number of aromatic nitrogens is 1. The zero-order valence-electron chi connectivity index (χ0n) is 8.03. The molecule has 0 amide bonds. The van der Waals surface area contributed by atoms with Gasteiger partial charge in [0.2, 0.25) is 0 Å². The number of fused-ring (bicyclic) bond motifs is 1. The summed E-state index contributed by atoms with van der Waals surface area (Å²) in [4.78, 5) is 4.05. The second-order valence-electron chi connectivity index (χ2n) is 3.14. The number of anilines is 1. The lowest BCUT2D eigenvalue weighted by Gasteiger charge is -2.06. The van der Waals surface area contributed by atoms with Crippen LogP contribution in [0, 0.1) is 0 Å². The molecule has 0 spiro atoms. The van der Waals surface area contributed by atoms with Gasteiger partial charge < -0.3 is 10.5 Å². The molecule has 2 rings (SSSR count). The average Bonchev–Trinajstić information content (AvgIpc) is 2.20. The van der Waals surface area contributed by atoms with E-state index in [0.29, 0.717) is 12.4 Å². The molecule has 0 aliphatic heterocycles. The van der Waals surface area contributed by atoms with E-state index in [0.717, 1.165) is 16.3 Å². The van der Waals surface area contributed by atoms with Crippen LogP contribution in [0.5, 0.6) is 0 Å². The van der Waals surface area contributed by atoms with Gasteiger partial charge in [-0.15, -0.1) is 0 Å². The van der Waals surface area contributed by atoms with E-state index >= 15 is 0 Å². The molecule has 1 aromatic heterocycles. The fraction of sp³-hybridized carbons (Fsp3) is 0.182. The Morgan fingerprint density at radius 1 is 1.29 bits per heavy atom. The molecule has 1 aromatic carbocycles. The van der Waals surface area contributed by atoms with Crippen molar-refractivity contribution in [1.29, 1.82) is 0 Å². The highest BCUT2D eigenvalue weighted by Gasteiger charge is 2.02. The minimum atomic E-state index is 0.570. The molecule has 1 heterocycles. The molecular weight excluding hydrogens is 176 g/mol. The van der Waals surface area contributed by atoms with Crippen molar-refractivity contribution in [3.8, 4) is 0 Å². The van der Waals surface area contributed by atoms with E-state index in [-0.39, 0.29) is 0 Å². The van der Waals surface area contributed by atoms with Gasteiger partial charge in [-0.1, -0.05) is 18.2 Å². The Labute approximate surface area is 82.5 Å². The van der Waals surface area contributed by atoms with Gasteiger partial charge in [0.25, 0.3) is 0 Å². The van der Waals surface area contributed by atoms with E-state index in [1.54, 1.807) is 13.3 Å². The molecule has 0 bridgehead atoms. The van der Waals surface area contributed by atoms with Crippen molar-refractivity contribution in [2.75, 3.05) is 12.8 Å². The smallest absolute Gasteiger partial charge is 0.131 e. The fourth-order valence-corrected chi connectivity index (χ4v) is 1.58. The van der Waals surface area contributed by atoms with Crippen molar-refractivity contribution >= 4 is 16.6 Å². The Balaban J connectivity index is 2.68. The third kappa shape index (κ3) is 1.42. The number of hydrogen-bond donors (Lipinski definition) is 1. The summed E-state index contributed by atoms with van der Waals surface area (Å²) in [6.45, 7) is 0.598. The van der Waals surface area contributed by atoms with E-state index in [1.165, 1.54) is 0 Å². The molecule has 0 saturated carbocycles. The molecule has 3 heteroatoms. The van der Waals surface area contributed by atoms with Gasteiger partial charge in [0.15, 0.2) is 0 Å². The first kappa shape index (κ1) is 8.97. The summed E-state index contributed by atoms with van der Waals surface area (Å²) >= 11 is 0. The van der Waals surface area contributed by atoms with E-state index < -0.39 is 0 Å². The summed E-state index contributed by atoms with van der Waals surface area (Å²) in [7, 11) is 1.68. The van der Waals surface area contributed by atoms with Crippen LogP contribution in [0.1, 0.15) is 5.56 Å². The Hall–Kier alpha value is -1.61. The number of hydrogen-bond acceptors (Lipinski definition) is 3. The summed E-state index contributed by atoms with van der Waals surface area (Å²) in [6, 6.07) is 7.93. The molecule has 72 valence electrons. The van der Waals surface area contributed by atoms with Gasteiger partial charge in [0, 0.05) is 18.7 Å². The first-order valence-electron chi connectivity index (χ1n) is 4.44. The quantitative estimate of drug-likeness (QED) is 0.783. The second kappa shape index (κ2) is 3.64. The Morgan fingerprint density at radius 2 is 2.14 bits per heavy atom. The lowest BCUT2D eigenvalue weighted by molar-refractivity contribution is 0.186. The second-order valence-corrected chi connectivity index (χ2v) is 3.14. The van der Waals surface area contributed by atoms with Crippen LogP contribution >= 0.6 is 0 Å². The van der Waals surface area contributed by atoms with Crippen LogP contribution in [0.2, 0.25) is 0 Å². The number of nitrogens with zero attached hydrogens (tertiary/aromatic N) is 1. The van der Waals surface area contributed by atoms with Gasteiger partial charge in [-0.05, 0) is 17.0 Å². The zero-order chi connectivity index (χ0) is 9.97. The SMILES string of the molecule is COCc1cccc2c(N)nccc12. The van der Waals surface area contributed by atoms with Crippen molar-refractivity contribution in [2.24, 2.45) is 0 Å².